The highest BCUT2D eigenvalue weighted by molar-refractivity contribution is 5.85. The lowest BCUT2D eigenvalue weighted by Crippen LogP contribution is -2.39. The molecule has 1 aliphatic heterocycles. The van der Waals surface area contributed by atoms with Crippen LogP contribution in [0.1, 0.15) is 52.6 Å². The van der Waals surface area contributed by atoms with Crippen LogP contribution in [0.5, 0.6) is 0 Å². The Morgan fingerprint density at radius 3 is 2.29 bits per heavy atom. The van der Waals surface area contributed by atoms with Crippen LogP contribution in [0.4, 0.5) is 0 Å². The Kier molecular flexibility index (Phi) is 4.27. The summed E-state index contributed by atoms with van der Waals surface area (Å²) in [6.45, 7) is 10.0. The van der Waals surface area contributed by atoms with Gasteiger partial charge in [0.2, 0.25) is 0 Å². The minimum absolute atomic E-state index is 0.0998. The Hall–Kier alpha value is -1.19. The summed E-state index contributed by atoms with van der Waals surface area (Å²) >= 11 is 0. The number of nitrogens with two attached hydrogens (primary N) is 1. The molecule has 3 atom stereocenters. The maximum absolute atomic E-state index is 12.9. The molecule has 1 fully saturated rings. The summed E-state index contributed by atoms with van der Waals surface area (Å²) in [5.41, 5.74) is 6.64. The van der Waals surface area contributed by atoms with E-state index in [0.29, 0.717) is 0 Å². The Bertz CT molecular complexity index is 507. The molecule has 1 aromatic rings. The van der Waals surface area contributed by atoms with Gasteiger partial charge >= 0.3 is 0 Å². The van der Waals surface area contributed by atoms with Gasteiger partial charge in [-0.15, -0.1) is 0 Å². The quantitative estimate of drug-likeness (QED) is 0.923. The second-order valence-electron chi connectivity index (χ2n) is 7.35. The minimum Gasteiger partial charge on any atom is -0.369 e. The van der Waals surface area contributed by atoms with Crippen LogP contribution in [0.15, 0.2) is 30.3 Å². The fourth-order valence-corrected chi connectivity index (χ4v) is 3.46. The molecule has 0 saturated carbocycles. The van der Waals surface area contributed by atoms with Gasteiger partial charge in [0.1, 0.15) is 5.78 Å². The lowest BCUT2D eigenvalue weighted by atomic mass is 9.77. The van der Waals surface area contributed by atoms with Crippen LogP contribution < -0.4 is 5.73 Å². The molecule has 0 radical (unpaired) electrons. The normalized spacial score (nSPS) is 26.3. The van der Waals surface area contributed by atoms with Crippen molar-refractivity contribution in [3.05, 3.63) is 35.9 Å². The van der Waals surface area contributed by atoms with Crippen LogP contribution in [0.3, 0.4) is 0 Å². The monoisotopic (exact) mass is 289 g/mol. The van der Waals surface area contributed by atoms with E-state index in [9.17, 15) is 4.79 Å². The van der Waals surface area contributed by atoms with E-state index in [1.54, 1.807) is 0 Å². The van der Waals surface area contributed by atoms with Crippen molar-refractivity contribution in [1.29, 1.82) is 0 Å². The molecule has 0 amide bonds. The van der Waals surface area contributed by atoms with Crippen molar-refractivity contribution in [3.63, 3.8) is 0 Å². The highest BCUT2D eigenvalue weighted by Crippen LogP contribution is 2.44. The molecule has 0 bridgehead atoms. The van der Waals surface area contributed by atoms with Gasteiger partial charge in [-0.3, -0.25) is 4.79 Å². The molecule has 0 aromatic heterocycles. The second kappa shape index (κ2) is 5.54. The van der Waals surface area contributed by atoms with Gasteiger partial charge in [-0.1, -0.05) is 37.3 Å². The Balaban J connectivity index is 2.16. The zero-order valence-electron chi connectivity index (χ0n) is 13.7. The van der Waals surface area contributed by atoms with Crippen LogP contribution >= 0.6 is 0 Å². The van der Waals surface area contributed by atoms with Crippen LogP contribution in [-0.2, 0) is 9.53 Å². The first kappa shape index (κ1) is 16.2. The SMILES string of the molecule is CC(C(=O)C1CC(C)(C)OC1(C)C)C(N)c1ccccc1. The zero-order valence-corrected chi connectivity index (χ0v) is 13.7. The number of benzene rings is 1. The van der Waals surface area contributed by atoms with Crippen LogP contribution in [0, 0.1) is 11.8 Å². The van der Waals surface area contributed by atoms with Crippen molar-refractivity contribution in [3.8, 4) is 0 Å². The summed E-state index contributed by atoms with van der Waals surface area (Å²) in [6, 6.07) is 9.57. The summed E-state index contributed by atoms with van der Waals surface area (Å²) in [5, 5.41) is 0. The van der Waals surface area contributed by atoms with E-state index in [2.05, 4.69) is 0 Å². The lowest BCUT2D eigenvalue weighted by Gasteiger charge is -2.29. The molecule has 1 aromatic carbocycles. The summed E-state index contributed by atoms with van der Waals surface area (Å²) in [6.07, 6.45) is 0.755. The van der Waals surface area contributed by atoms with Gasteiger partial charge in [-0.05, 0) is 39.7 Å². The fourth-order valence-electron chi connectivity index (χ4n) is 3.46. The van der Waals surface area contributed by atoms with Gasteiger partial charge in [0.15, 0.2) is 0 Å². The molecule has 2 N–H and O–H groups in total. The van der Waals surface area contributed by atoms with Crippen molar-refractivity contribution in [2.75, 3.05) is 0 Å². The third-order valence-corrected chi connectivity index (χ3v) is 4.59. The van der Waals surface area contributed by atoms with Gasteiger partial charge in [-0.25, -0.2) is 0 Å². The Morgan fingerprint density at radius 2 is 1.81 bits per heavy atom. The maximum atomic E-state index is 12.9. The summed E-state index contributed by atoms with van der Waals surface area (Å²) < 4.78 is 6.04. The number of carbonyl (C=O) groups excluding carboxylic acids is 1. The van der Waals surface area contributed by atoms with Crippen molar-refractivity contribution in [2.45, 2.75) is 58.3 Å². The molecule has 1 aliphatic rings. The van der Waals surface area contributed by atoms with Gasteiger partial charge in [0, 0.05) is 17.9 Å². The van der Waals surface area contributed by atoms with E-state index in [-0.39, 0.29) is 29.3 Å². The van der Waals surface area contributed by atoms with Crippen LogP contribution in [0.25, 0.3) is 0 Å². The van der Waals surface area contributed by atoms with Gasteiger partial charge < -0.3 is 10.5 Å². The van der Waals surface area contributed by atoms with Gasteiger partial charge in [0.25, 0.3) is 0 Å². The fraction of sp³-hybridized carbons (Fsp3) is 0.611. The average molecular weight is 289 g/mol. The molecule has 116 valence electrons. The molecule has 3 nitrogen and oxygen atoms in total. The number of hydrogen-bond donors (Lipinski definition) is 1. The number of carbonyl (C=O) groups is 1. The minimum atomic E-state index is -0.425. The highest BCUT2D eigenvalue weighted by atomic mass is 16.5. The molecule has 1 saturated heterocycles. The van der Waals surface area contributed by atoms with Crippen molar-refractivity contribution < 1.29 is 9.53 Å². The topological polar surface area (TPSA) is 52.3 Å². The van der Waals surface area contributed by atoms with E-state index >= 15 is 0 Å². The first-order chi connectivity index (χ1) is 9.64. The van der Waals surface area contributed by atoms with Crippen molar-refractivity contribution in [2.24, 2.45) is 17.6 Å². The van der Waals surface area contributed by atoms with E-state index in [4.69, 9.17) is 10.5 Å². The number of ether oxygens (including phenoxy) is 1. The van der Waals surface area contributed by atoms with Gasteiger partial charge in [-0.2, -0.15) is 0 Å². The molecular weight excluding hydrogens is 262 g/mol. The second-order valence-corrected chi connectivity index (χ2v) is 7.35. The molecule has 2 rings (SSSR count). The van der Waals surface area contributed by atoms with E-state index in [1.165, 1.54) is 0 Å². The number of Topliss-reactive ketones (excluding diaryl/α,β-unsaturated/α-hetero) is 1. The molecule has 3 heteroatoms. The molecule has 0 spiro atoms. The van der Waals surface area contributed by atoms with Crippen LogP contribution in [0.2, 0.25) is 0 Å². The largest absolute Gasteiger partial charge is 0.369 e. The van der Waals surface area contributed by atoms with E-state index < -0.39 is 5.60 Å². The molecule has 1 heterocycles. The number of hydrogen-bond acceptors (Lipinski definition) is 3. The maximum Gasteiger partial charge on any atom is 0.143 e. The Morgan fingerprint density at radius 1 is 1.24 bits per heavy atom. The van der Waals surface area contributed by atoms with Gasteiger partial charge in [0.05, 0.1) is 11.2 Å². The van der Waals surface area contributed by atoms with E-state index in [0.717, 1.165) is 12.0 Å². The summed E-state index contributed by atoms with van der Waals surface area (Å²) in [4.78, 5) is 12.9. The predicted molar refractivity (Wildman–Crippen MR) is 84.9 cm³/mol. The van der Waals surface area contributed by atoms with Crippen molar-refractivity contribution >= 4 is 5.78 Å². The van der Waals surface area contributed by atoms with Crippen molar-refractivity contribution in [1.82, 2.24) is 0 Å². The first-order valence-corrected chi connectivity index (χ1v) is 7.68. The standard InChI is InChI=1S/C18H27NO2/c1-12(15(19)13-9-7-6-8-10-13)16(20)14-11-17(2,3)21-18(14,4)5/h6-10,12,14-15H,11,19H2,1-5H3. The predicted octanol–water partition coefficient (Wildman–Crippen LogP) is 3.49. The first-order valence-electron chi connectivity index (χ1n) is 7.68. The summed E-state index contributed by atoms with van der Waals surface area (Å²) in [7, 11) is 0. The lowest BCUT2D eigenvalue weighted by molar-refractivity contribution is -0.133. The summed E-state index contributed by atoms with van der Waals surface area (Å²) in [5.74, 6) is -0.103. The molecule has 0 aliphatic carbocycles. The third kappa shape index (κ3) is 3.35. The third-order valence-electron chi connectivity index (χ3n) is 4.59. The zero-order chi connectivity index (χ0) is 15.8. The van der Waals surface area contributed by atoms with E-state index in [1.807, 2.05) is 65.0 Å². The average Bonchev–Trinajstić information content (AvgIpc) is 2.65. The molecule has 21 heavy (non-hydrogen) atoms. The Labute approximate surface area is 127 Å². The molecule has 3 unspecified atom stereocenters. The molecular formula is C18H27NO2. The number of ketones is 1. The van der Waals surface area contributed by atoms with Crippen LogP contribution in [-0.4, -0.2) is 17.0 Å². The smallest absolute Gasteiger partial charge is 0.143 e. The number of rotatable bonds is 4. The highest BCUT2D eigenvalue weighted by Gasteiger charge is 2.50.